The van der Waals surface area contributed by atoms with Gasteiger partial charge in [0.15, 0.2) is 0 Å². The predicted molar refractivity (Wildman–Crippen MR) is 121 cm³/mol. The quantitative estimate of drug-likeness (QED) is 0.676. The molecule has 0 atom stereocenters. The van der Waals surface area contributed by atoms with Gasteiger partial charge in [-0.3, -0.25) is 9.78 Å². The Kier molecular flexibility index (Phi) is 6.13. The van der Waals surface area contributed by atoms with Crippen LogP contribution in [0.4, 0.5) is 11.5 Å². The van der Waals surface area contributed by atoms with Crippen LogP contribution >= 0.6 is 0 Å². The van der Waals surface area contributed by atoms with Gasteiger partial charge in [0.1, 0.15) is 17.3 Å². The van der Waals surface area contributed by atoms with E-state index in [4.69, 9.17) is 4.74 Å². The van der Waals surface area contributed by atoms with Crippen LogP contribution in [0.2, 0.25) is 0 Å². The average molecular weight is 418 g/mol. The summed E-state index contributed by atoms with van der Waals surface area (Å²) < 4.78 is 5.99. The van der Waals surface area contributed by atoms with Crippen molar-refractivity contribution in [2.24, 2.45) is 0 Å². The molecule has 160 valence electrons. The largest absolute Gasteiger partial charge is 0.455 e. The fourth-order valence-corrected chi connectivity index (χ4v) is 3.52. The average Bonchev–Trinajstić information content (AvgIpc) is 2.76. The van der Waals surface area contributed by atoms with Crippen LogP contribution in [0.5, 0.6) is 11.5 Å². The van der Waals surface area contributed by atoms with E-state index in [0.29, 0.717) is 22.9 Å². The summed E-state index contributed by atoms with van der Waals surface area (Å²) in [6.45, 7) is 7.18. The van der Waals surface area contributed by atoms with Crippen LogP contribution in [0, 0.1) is 13.8 Å². The van der Waals surface area contributed by atoms with Crippen LogP contribution in [0.1, 0.15) is 21.7 Å². The van der Waals surface area contributed by atoms with Crippen molar-refractivity contribution >= 4 is 17.4 Å². The number of aromatic nitrogens is 2. The highest BCUT2D eigenvalue weighted by molar-refractivity contribution is 5.95. The third-order valence-corrected chi connectivity index (χ3v) is 5.31. The van der Waals surface area contributed by atoms with Crippen molar-refractivity contribution in [2.75, 3.05) is 38.5 Å². The Hall–Kier alpha value is -3.45. The standard InChI is InChI=1S/C24H27N5O2/c1-17-7-8-22(18(2)26-17)31-21-9-10-25-23(16-21)27-20-6-4-5-19(15-20)24(30)29-13-11-28(3)12-14-29/h4-10,15-16H,11-14H2,1-3H3,(H,25,27). The molecule has 1 amide bonds. The summed E-state index contributed by atoms with van der Waals surface area (Å²) >= 11 is 0. The lowest BCUT2D eigenvalue weighted by Crippen LogP contribution is -2.47. The summed E-state index contributed by atoms with van der Waals surface area (Å²) in [7, 11) is 2.08. The van der Waals surface area contributed by atoms with Gasteiger partial charge in [0.25, 0.3) is 5.91 Å². The molecule has 31 heavy (non-hydrogen) atoms. The van der Waals surface area contributed by atoms with Crippen molar-refractivity contribution in [1.29, 1.82) is 0 Å². The van der Waals surface area contributed by atoms with Gasteiger partial charge in [-0.05, 0) is 57.3 Å². The SMILES string of the molecule is Cc1ccc(Oc2ccnc(Nc3cccc(C(=O)N4CCN(C)CC4)c3)c2)c(C)n1. The third kappa shape index (κ3) is 5.19. The summed E-state index contributed by atoms with van der Waals surface area (Å²) in [6, 6.07) is 15.0. The first kappa shape index (κ1) is 20.8. The molecule has 4 rings (SSSR count). The zero-order valence-electron chi connectivity index (χ0n) is 18.1. The van der Waals surface area contributed by atoms with E-state index in [1.807, 2.05) is 61.2 Å². The summed E-state index contributed by atoms with van der Waals surface area (Å²) in [4.78, 5) is 25.8. The van der Waals surface area contributed by atoms with E-state index in [1.54, 1.807) is 12.3 Å². The van der Waals surface area contributed by atoms with E-state index in [2.05, 4.69) is 27.2 Å². The summed E-state index contributed by atoms with van der Waals surface area (Å²) in [5.41, 5.74) is 3.26. The molecule has 2 aromatic heterocycles. The molecule has 3 aromatic rings. The maximum atomic E-state index is 12.9. The van der Waals surface area contributed by atoms with Crippen LogP contribution in [0.15, 0.2) is 54.7 Å². The minimum absolute atomic E-state index is 0.0594. The molecule has 1 N–H and O–H groups in total. The summed E-state index contributed by atoms with van der Waals surface area (Å²) in [6.07, 6.45) is 1.69. The second-order valence-electron chi connectivity index (χ2n) is 7.82. The first-order valence-corrected chi connectivity index (χ1v) is 10.4. The van der Waals surface area contributed by atoms with E-state index < -0.39 is 0 Å². The monoisotopic (exact) mass is 417 g/mol. The Balaban J connectivity index is 1.46. The number of hydrogen-bond donors (Lipinski definition) is 1. The van der Waals surface area contributed by atoms with Crippen LogP contribution in [0.3, 0.4) is 0 Å². The number of nitrogens with zero attached hydrogens (tertiary/aromatic N) is 4. The first-order valence-electron chi connectivity index (χ1n) is 10.4. The number of hydrogen-bond acceptors (Lipinski definition) is 6. The van der Waals surface area contributed by atoms with Crippen LogP contribution in [-0.4, -0.2) is 58.9 Å². The Morgan fingerprint density at radius 3 is 2.61 bits per heavy atom. The molecule has 0 bridgehead atoms. The van der Waals surface area contributed by atoms with Crippen molar-refractivity contribution in [3.63, 3.8) is 0 Å². The summed E-state index contributed by atoms with van der Waals surface area (Å²) in [5, 5.41) is 3.27. The maximum absolute atomic E-state index is 12.9. The van der Waals surface area contributed by atoms with Gasteiger partial charge in [0, 0.05) is 55.4 Å². The Morgan fingerprint density at radius 2 is 1.84 bits per heavy atom. The molecule has 0 saturated carbocycles. The molecule has 3 heterocycles. The van der Waals surface area contributed by atoms with E-state index in [1.165, 1.54) is 0 Å². The van der Waals surface area contributed by atoms with Crippen LogP contribution in [-0.2, 0) is 0 Å². The van der Waals surface area contributed by atoms with Crippen LogP contribution in [0.25, 0.3) is 0 Å². The molecule has 1 saturated heterocycles. The molecule has 7 nitrogen and oxygen atoms in total. The fraction of sp³-hybridized carbons (Fsp3) is 0.292. The molecule has 1 aliphatic heterocycles. The molecule has 0 radical (unpaired) electrons. The molecule has 1 fully saturated rings. The van der Waals surface area contributed by atoms with Gasteiger partial charge >= 0.3 is 0 Å². The number of amides is 1. The number of nitrogens with one attached hydrogen (secondary N) is 1. The number of anilines is 2. The fourth-order valence-electron chi connectivity index (χ4n) is 3.52. The van der Waals surface area contributed by atoms with Gasteiger partial charge in [-0.1, -0.05) is 6.07 Å². The number of benzene rings is 1. The highest BCUT2D eigenvalue weighted by atomic mass is 16.5. The van der Waals surface area contributed by atoms with Crippen LogP contribution < -0.4 is 10.1 Å². The number of ether oxygens (including phenoxy) is 1. The van der Waals surface area contributed by atoms with Gasteiger partial charge < -0.3 is 19.9 Å². The number of piperazine rings is 1. The second kappa shape index (κ2) is 9.14. The third-order valence-electron chi connectivity index (χ3n) is 5.31. The topological polar surface area (TPSA) is 70.6 Å². The number of aryl methyl sites for hydroxylation is 2. The lowest BCUT2D eigenvalue weighted by atomic mass is 10.1. The molecular weight excluding hydrogens is 390 g/mol. The van der Waals surface area contributed by atoms with Gasteiger partial charge in [-0.2, -0.15) is 0 Å². The molecule has 1 aromatic carbocycles. The highest BCUT2D eigenvalue weighted by Gasteiger charge is 2.20. The van der Waals surface area contributed by atoms with Crippen molar-refractivity contribution in [3.8, 4) is 11.5 Å². The molecule has 1 aliphatic rings. The molecule has 7 heteroatoms. The lowest BCUT2D eigenvalue weighted by Gasteiger charge is -2.32. The Bertz CT molecular complexity index is 1080. The predicted octanol–water partition coefficient (Wildman–Crippen LogP) is 4.02. The van der Waals surface area contributed by atoms with E-state index >= 15 is 0 Å². The minimum Gasteiger partial charge on any atom is -0.455 e. The molecule has 0 aliphatic carbocycles. The van der Waals surface area contributed by atoms with Gasteiger partial charge in [-0.15, -0.1) is 0 Å². The molecule has 0 unspecified atom stereocenters. The van der Waals surface area contributed by atoms with Crippen molar-refractivity contribution < 1.29 is 9.53 Å². The van der Waals surface area contributed by atoms with Gasteiger partial charge in [0.2, 0.25) is 0 Å². The summed E-state index contributed by atoms with van der Waals surface area (Å²) in [5.74, 6) is 2.07. The normalized spacial score (nSPS) is 14.4. The Labute approximate surface area is 182 Å². The lowest BCUT2D eigenvalue weighted by molar-refractivity contribution is 0.0664. The number of likely N-dealkylation sites (N-methyl/N-ethyl adjacent to an activating group) is 1. The second-order valence-corrected chi connectivity index (χ2v) is 7.82. The molecular formula is C24H27N5O2. The van der Waals surface area contributed by atoms with E-state index in [-0.39, 0.29) is 5.91 Å². The number of pyridine rings is 2. The number of carbonyl (C=O) groups is 1. The maximum Gasteiger partial charge on any atom is 0.254 e. The van der Waals surface area contributed by atoms with Crippen molar-refractivity contribution in [1.82, 2.24) is 19.8 Å². The molecule has 0 spiro atoms. The minimum atomic E-state index is 0.0594. The zero-order valence-corrected chi connectivity index (χ0v) is 18.1. The van der Waals surface area contributed by atoms with Gasteiger partial charge in [-0.25, -0.2) is 4.98 Å². The van der Waals surface area contributed by atoms with E-state index in [9.17, 15) is 4.79 Å². The number of rotatable bonds is 5. The highest BCUT2D eigenvalue weighted by Crippen LogP contribution is 2.26. The van der Waals surface area contributed by atoms with Crippen molar-refractivity contribution in [2.45, 2.75) is 13.8 Å². The smallest absolute Gasteiger partial charge is 0.254 e. The van der Waals surface area contributed by atoms with Crippen molar-refractivity contribution in [3.05, 3.63) is 71.7 Å². The first-order chi connectivity index (χ1) is 15.0. The van der Waals surface area contributed by atoms with E-state index in [0.717, 1.165) is 43.3 Å². The Morgan fingerprint density at radius 1 is 1.03 bits per heavy atom. The number of carbonyl (C=O) groups excluding carboxylic acids is 1. The van der Waals surface area contributed by atoms with Gasteiger partial charge in [0.05, 0.1) is 5.69 Å². The zero-order chi connectivity index (χ0) is 21.8.